The Hall–Kier alpha value is -0.940. The summed E-state index contributed by atoms with van der Waals surface area (Å²) < 4.78 is 15.5. The van der Waals surface area contributed by atoms with Gasteiger partial charge in [0.1, 0.15) is 5.82 Å². The smallest absolute Gasteiger partial charge is 0.123 e. The predicted octanol–water partition coefficient (Wildman–Crippen LogP) is 6.79. The molecular weight excluding hydrogens is 355 g/mol. The molecule has 0 saturated carbocycles. The Labute approximate surface area is 147 Å². The highest BCUT2D eigenvalue weighted by molar-refractivity contribution is 8.23. The van der Waals surface area contributed by atoms with Crippen molar-refractivity contribution < 1.29 is 4.39 Å². The lowest BCUT2D eigenvalue weighted by Gasteiger charge is -2.07. The second-order valence-corrected chi connectivity index (χ2v) is 8.05. The lowest BCUT2D eigenvalue weighted by molar-refractivity contribution is 0.630. The highest BCUT2D eigenvalue weighted by atomic mass is 35.5. The van der Waals surface area contributed by atoms with Gasteiger partial charge in [-0.15, -0.1) is 23.1 Å². The molecule has 0 fully saturated rings. The summed E-state index contributed by atoms with van der Waals surface area (Å²) in [5, 5.41) is 1.55. The monoisotopic (exact) mass is 366 g/mol. The fourth-order valence-electron chi connectivity index (χ4n) is 2.31. The van der Waals surface area contributed by atoms with Gasteiger partial charge in [-0.2, -0.15) is 0 Å². The molecule has 5 heteroatoms. The first-order valence-electron chi connectivity index (χ1n) is 6.76. The predicted molar refractivity (Wildman–Crippen MR) is 102 cm³/mol. The Balaban J connectivity index is 2.32. The second kappa shape index (κ2) is 6.67. The van der Waals surface area contributed by atoms with E-state index in [-0.39, 0.29) is 5.82 Å². The summed E-state index contributed by atoms with van der Waals surface area (Å²) in [6.07, 6.45) is 0. The number of thioether (sulfide) groups is 1. The largest absolute Gasteiger partial charge is 0.207 e. The third kappa shape index (κ3) is 2.93. The molecule has 0 aliphatic carbocycles. The molecule has 3 aromatic rings. The topological polar surface area (TPSA) is 0 Å². The van der Waals surface area contributed by atoms with Gasteiger partial charge < -0.3 is 0 Å². The van der Waals surface area contributed by atoms with E-state index in [0.29, 0.717) is 5.02 Å². The van der Waals surface area contributed by atoms with Gasteiger partial charge in [-0.05, 0) is 30.0 Å². The van der Waals surface area contributed by atoms with Gasteiger partial charge in [0.2, 0.25) is 0 Å². The maximum atomic E-state index is 13.7. The zero-order valence-electron chi connectivity index (χ0n) is 11.7. The number of thiocarbonyl (C=S) groups is 1. The molecule has 1 aromatic heterocycles. The van der Waals surface area contributed by atoms with E-state index < -0.39 is 0 Å². The van der Waals surface area contributed by atoms with Crippen LogP contribution in [0.3, 0.4) is 0 Å². The molecule has 112 valence electrons. The minimum Gasteiger partial charge on any atom is -0.207 e. The van der Waals surface area contributed by atoms with Crippen molar-refractivity contribution in [2.24, 2.45) is 0 Å². The standard InChI is InChI=1S/C17H12ClFS3/c1-2-21-17(20)15-12-9-10(19)7-8-14(12)22-16(15)11-5-3-4-6-13(11)18/h3-9H,2H2,1H3. The highest BCUT2D eigenvalue weighted by Gasteiger charge is 2.19. The van der Waals surface area contributed by atoms with Crippen molar-refractivity contribution in [3.8, 4) is 10.4 Å². The van der Waals surface area contributed by atoms with E-state index in [0.717, 1.165) is 36.0 Å². The molecule has 2 aromatic carbocycles. The molecule has 22 heavy (non-hydrogen) atoms. The quantitative estimate of drug-likeness (QED) is 0.468. The molecular formula is C17H12ClFS3. The Morgan fingerprint density at radius 2 is 2.05 bits per heavy atom. The third-order valence-corrected chi connectivity index (χ3v) is 6.09. The summed E-state index contributed by atoms with van der Waals surface area (Å²) in [7, 11) is 0. The van der Waals surface area contributed by atoms with E-state index in [4.69, 9.17) is 23.8 Å². The first-order valence-corrected chi connectivity index (χ1v) is 9.34. The average Bonchev–Trinajstić information content (AvgIpc) is 2.86. The van der Waals surface area contributed by atoms with Gasteiger partial charge in [0, 0.05) is 31.1 Å². The molecule has 0 amide bonds. The van der Waals surface area contributed by atoms with E-state index in [1.807, 2.05) is 24.3 Å². The van der Waals surface area contributed by atoms with E-state index in [1.54, 1.807) is 35.2 Å². The maximum absolute atomic E-state index is 13.7. The van der Waals surface area contributed by atoms with Crippen LogP contribution in [0, 0.1) is 5.82 Å². The van der Waals surface area contributed by atoms with Crippen molar-refractivity contribution in [1.29, 1.82) is 0 Å². The van der Waals surface area contributed by atoms with Crippen LogP contribution >= 0.6 is 46.9 Å². The molecule has 0 saturated heterocycles. The molecule has 1 heterocycles. The second-order valence-electron chi connectivity index (χ2n) is 4.65. The van der Waals surface area contributed by atoms with E-state index in [2.05, 4.69) is 6.92 Å². The van der Waals surface area contributed by atoms with Crippen LogP contribution in [0.15, 0.2) is 42.5 Å². The Bertz CT molecular complexity index is 854. The summed E-state index contributed by atoms with van der Waals surface area (Å²) in [4.78, 5) is 1.01. The summed E-state index contributed by atoms with van der Waals surface area (Å²) >= 11 is 15.1. The lowest BCUT2D eigenvalue weighted by Crippen LogP contribution is -1.94. The molecule has 0 bridgehead atoms. The minimum atomic E-state index is -0.249. The molecule has 0 unspecified atom stereocenters. The lowest BCUT2D eigenvalue weighted by atomic mass is 10.1. The minimum absolute atomic E-state index is 0.249. The molecule has 0 radical (unpaired) electrons. The van der Waals surface area contributed by atoms with Crippen molar-refractivity contribution in [3.63, 3.8) is 0 Å². The van der Waals surface area contributed by atoms with Gasteiger partial charge in [-0.1, -0.05) is 48.9 Å². The fourth-order valence-corrected chi connectivity index (χ4v) is 5.14. The van der Waals surface area contributed by atoms with E-state index in [9.17, 15) is 4.39 Å². The van der Waals surface area contributed by atoms with Crippen molar-refractivity contribution in [2.45, 2.75) is 6.92 Å². The van der Waals surface area contributed by atoms with Crippen LogP contribution in [0.4, 0.5) is 4.39 Å². The van der Waals surface area contributed by atoms with Gasteiger partial charge in [0.25, 0.3) is 0 Å². The Kier molecular flexibility index (Phi) is 4.83. The highest BCUT2D eigenvalue weighted by Crippen LogP contribution is 2.43. The summed E-state index contributed by atoms with van der Waals surface area (Å²) in [5.41, 5.74) is 1.87. The zero-order chi connectivity index (χ0) is 15.7. The SMILES string of the molecule is CCSC(=S)c1c(-c2ccccc2Cl)sc2ccc(F)cc12. The molecule has 0 spiro atoms. The molecule has 0 aliphatic rings. The van der Waals surface area contributed by atoms with Crippen molar-refractivity contribution in [3.05, 3.63) is 58.9 Å². The average molecular weight is 367 g/mol. The Morgan fingerprint density at radius 3 is 2.77 bits per heavy atom. The molecule has 0 aliphatic heterocycles. The van der Waals surface area contributed by atoms with Crippen molar-refractivity contribution in [2.75, 3.05) is 5.75 Å². The molecule has 3 rings (SSSR count). The number of hydrogen-bond acceptors (Lipinski definition) is 3. The van der Waals surface area contributed by atoms with Crippen molar-refractivity contribution >= 4 is 61.2 Å². The summed E-state index contributed by atoms with van der Waals surface area (Å²) in [6.45, 7) is 2.06. The molecule has 0 atom stereocenters. The number of rotatable bonds is 3. The number of fused-ring (bicyclic) bond motifs is 1. The van der Waals surface area contributed by atoms with E-state index in [1.165, 1.54) is 6.07 Å². The van der Waals surface area contributed by atoms with Crippen LogP contribution in [0.25, 0.3) is 20.5 Å². The van der Waals surface area contributed by atoms with Crippen LogP contribution in [0.5, 0.6) is 0 Å². The van der Waals surface area contributed by atoms with Gasteiger partial charge in [-0.25, -0.2) is 4.39 Å². The van der Waals surface area contributed by atoms with E-state index >= 15 is 0 Å². The fraction of sp³-hybridized carbons (Fsp3) is 0.118. The van der Waals surface area contributed by atoms with Crippen LogP contribution in [-0.2, 0) is 0 Å². The number of benzene rings is 2. The number of halogens is 2. The van der Waals surface area contributed by atoms with Crippen LogP contribution in [-0.4, -0.2) is 9.95 Å². The summed E-state index contributed by atoms with van der Waals surface area (Å²) in [5.74, 6) is 0.634. The van der Waals surface area contributed by atoms with Crippen LogP contribution in [0.1, 0.15) is 12.5 Å². The Morgan fingerprint density at radius 1 is 1.27 bits per heavy atom. The van der Waals surface area contributed by atoms with Gasteiger partial charge in [0.15, 0.2) is 0 Å². The number of hydrogen-bond donors (Lipinski definition) is 0. The van der Waals surface area contributed by atoms with Gasteiger partial charge in [-0.3, -0.25) is 0 Å². The zero-order valence-corrected chi connectivity index (χ0v) is 14.9. The van der Waals surface area contributed by atoms with Gasteiger partial charge in [0.05, 0.1) is 4.20 Å². The van der Waals surface area contributed by atoms with Crippen LogP contribution in [0.2, 0.25) is 5.02 Å². The maximum Gasteiger partial charge on any atom is 0.123 e. The normalized spacial score (nSPS) is 11.0. The first-order chi connectivity index (χ1) is 10.6. The summed E-state index contributed by atoms with van der Waals surface area (Å²) in [6, 6.07) is 12.5. The number of thiophene rings is 1. The third-order valence-electron chi connectivity index (χ3n) is 3.25. The van der Waals surface area contributed by atoms with Crippen molar-refractivity contribution in [1.82, 2.24) is 0 Å². The van der Waals surface area contributed by atoms with Gasteiger partial charge >= 0.3 is 0 Å². The van der Waals surface area contributed by atoms with Crippen LogP contribution < -0.4 is 0 Å². The molecule has 0 nitrogen and oxygen atoms in total. The first kappa shape index (κ1) is 15.9. The molecule has 0 N–H and O–H groups in total.